The Labute approximate surface area is 109 Å². The lowest BCUT2D eigenvalue weighted by atomic mass is 10.3. The number of H-pyrrole nitrogens is 1. The van der Waals surface area contributed by atoms with Gasteiger partial charge in [0.2, 0.25) is 0 Å². The fourth-order valence-electron chi connectivity index (χ4n) is 1.19. The lowest BCUT2D eigenvalue weighted by Gasteiger charge is -2.08. The summed E-state index contributed by atoms with van der Waals surface area (Å²) in [5.41, 5.74) is -0.481. The number of benzene rings is 1. The summed E-state index contributed by atoms with van der Waals surface area (Å²) in [7, 11) is -4.01. The van der Waals surface area contributed by atoms with Gasteiger partial charge in [0.25, 0.3) is 10.0 Å². The lowest BCUT2D eigenvalue weighted by molar-refractivity contribution is 0.590. The van der Waals surface area contributed by atoms with E-state index < -0.39 is 27.3 Å². The van der Waals surface area contributed by atoms with Crippen LogP contribution in [0.2, 0.25) is 0 Å². The van der Waals surface area contributed by atoms with Crippen molar-refractivity contribution in [2.45, 2.75) is 5.03 Å². The van der Waals surface area contributed by atoms with Crippen LogP contribution in [0.15, 0.2) is 34.2 Å². The van der Waals surface area contributed by atoms with E-state index in [4.69, 9.17) is 0 Å². The standard InChI is InChI=1S/C9H6BrF2N3O2S/c10-5-1-7(12)8(2-6(5)11)15-18(16,17)9-3-13-4-14-9/h1-4,15H,(H,13,14). The average molecular weight is 338 g/mol. The molecule has 0 bridgehead atoms. The number of nitrogens with one attached hydrogen (secondary N) is 2. The molecule has 96 valence electrons. The molecule has 5 nitrogen and oxygen atoms in total. The van der Waals surface area contributed by atoms with E-state index in [2.05, 4.69) is 25.9 Å². The number of anilines is 1. The summed E-state index contributed by atoms with van der Waals surface area (Å²) < 4.78 is 51.9. The fraction of sp³-hybridized carbons (Fsp3) is 0. The molecule has 0 unspecified atom stereocenters. The van der Waals surface area contributed by atoms with Gasteiger partial charge in [0, 0.05) is 6.07 Å². The van der Waals surface area contributed by atoms with Gasteiger partial charge in [-0.1, -0.05) is 0 Å². The summed E-state index contributed by atoms with van der Waals surface area (Å²) in [5.74, 6) is -1.68. The average Bonchev–Trinajstić information content (AvgIpc) is 2.79. The van der Waals surface area contributed by atoms with Crippen LogP contribution in [0.5, 0.6) is 0 Å². The van der Waals surface area contributed by atoms with Crippen LogP contribution in [-0.2, 0) is 10.0 Å². The number of hydrogen-bond donors (Lipinski definition) is 2. The number of rotatable bonds is 3. The predicted molar refractivity (Wildman–Crippen MR) is 63.5 cm³/mol. The van der Waals surface area contributed by atoms with E-state index in [0.717, 1.165) is 24.7 Å². The van der Waals surface area contributed by atoms with Crippen LogP contribution in [0.4, 0.5) is 14.5 Å². The van der Waals surface area contributed by atoms with Gasteiger partial charge in [-0.2, -0.15) is 8.42 Å². The van der Waals surface area contributed by atoms with Gasteiger partial charge in [-0.15, -0.1) is 0 Å². The summed E-state index contributed by atoms with van der Waals surface area (Å²) in [6.07, 6.45) is 2.21. The van der Waals surface area contributed by atoms with Crippen molar-refractivity contribution in [2.75, 3.05) is 4.72 Å². The Morgan fingerprint density at radius 2 is 2.00 bits per heavy atom. The van der Waals surface area contributed by atoms with E-state index >= 15 is 0 Å². The maximum absolute atomic E-state index is 13.5. The van der Waals surface area contributed by atoms with Crippen molar-refractivity contribution in [3.63, 3.8) is 0 Å². The smallest absolute Gasteiger partial charge is 0.279 e. The maximum atomic E-state index is 13.5. The number of imidazole rings is 1. The summed E-state index contributed by atoms with van der Waals surface area (Å²) in [4.78, 5) is 5.89. The van der Waals surface area contributed by atoms with Gasteiger partial charge >= 0.3 is 0 Å². The largest absolute Gasteiger partial charge is 0.334 e. The number of hydrogen-bond acceptors (Lipinski definition) is 3. The van der Waals surface area contributed by atoms with Crippen LogP contribution in [0.3, 0.4) is 0 Å². The molecule has 9 heteroatoms. The minimum atomic E-state index is -4.01. The Balaban J connectivity index is 2.39. The Bertz CT molecular complexity index is 673. The van der Waals surface area contributed by atoms with Crippen molar-refractivity contribution >= 4 is 31.6 Å². The van der Waals surface area contributed by atoms with Gasteiger partial charge in [-0.25, -0.2) is 13.8 Å². The van der Waals surface area contributed by atoms with Gasteiger partial charge in [0.15, 0.2) is 5.03 Å². The zero-order valence-electron chi connectivity index (χ0n) is 8.62. The topological polar surface area (TPSA) is 74.8 Å². The molecule has 0 aliphatic carbocycles. The van der Waals surface area contributed by atoms with Crippen LogP contribution in [0, 0.1) is 11.6 Å². The Morgan fingerprint density at radius 1 is 1.28 bits per heavy atom. The number of halogens is 3. The molecule has 0 spiro atoms. The lowest BCUT2D eigenvalue weighted by Crippen LogP contribution is -2.14. The number of aromatic nitrogens is 2. The molecule has 0 fully saturated rings. The second kappa shape index (κ2) is 4.65. The molecule has 0 saturated heterocycles. The van der Waals surface area contributed by atoms with Crippen molar-refractivity contribution in [3.8, 4) is 0 Å². The molecule has 2 N–H and O–H groups in total. The monoisotopic (exact) mass is 337 g/mol. The van der Waals surface area contributed by atoms with E-state index in [1.54, 1.807) is 0 Å². The molecular weight excluding hydrogens is 332 g/mol. The first-order valence-corrected chi connectivity index (χ1v) is 6.83. The van der Waals surface area contributed by atoms with Crippen LogP contribution < -0.4 is 4.72 Å². The van der Waals surface area contributed by atoms with Crippen LogP contribution in [-0.4, -0.2) is 18.4 Å². The van der Waals surface area contributed by atoms with E-state index in [1.807, 2.05) is 4.72 Å². The van der Waals surface area contributed by atoms with Crippen LogP contribution >= 0.6 is 15.9 Å². The molecule has 1 aromatic carbocycles. The zero-order valence-corrected chi connectivity index (χ0v) is 11.0. The molecule has 2 aromatic rings. The van der Waals surface area contributed by atoms with Gasteiger partial charge in [0.1, 0.15) is 11.6 Å². The second-order valence-electron chi connectivity index (χ2n) is 3.27. The molecule has 0 aliphatic rings. The highest BCUT2D eigenvalue weighted by Crippen LogP contribution is 2.24. The minimum Gasteiger partial charge on any atom is -0.334 e. The van der Waals surface area contributed by atoms with E-state index in [1.165, 1.54) is 0 Å². The third-order valence-corrected chi connectivity index (χ3v) is 3.92. The first-order valence-electron chi connectivity index (χ1n) is 4.56. The molecule has 2 rings (SSSR count). The molecule has 18 heavy (non-hydrogen) atoms. The predicted octanol–water partition coefficient (Wildman–Crippen LogP) is 2.25. The molecule has 0 amide bonds. The Hall–Kier alpha value is -1.48. The van der Waals surface area contributed by atoms with Crippen molar-refractivity contribution in [3.05, 3.63) is 40.8 Å². The maximum Gasteiger partial charge on any atom is 0.279 e. The molecule has 1 heterocycles. The van der Waals surface area contributed by atoms with Gasteiger partial charge in [0.05, 0.1) is 22.7 Å². The summed E-state index contributed by atoms with van der Waals surface area (Å²) in [6, 6.07) is 1.58. The fourth-order valence-corrected chi connectivity index (χ4v) is 2.47. The SMILES string of the molecule is O=S(=O)(Nc1cc(F)c(Br)cc1F)c1cnc[nH]1. The van der Waals surface area contributed by atoms with E-state index in [-0.39, 0.29) is 9.50 Å². The quantitative estimate of drug-likeness (QED) is 0.843. The third-order valence-electron chi connectivity index (χ3n) is 2.02. The minimum absolute atomic E-state index is 0.0931. The second-order valence-corrected chi connectivity index (χ2v) is 5.77. The summed E-state index contributed by atoms with van der Waals surface area (Å²) in [6.45, 7) is 0. The van der Waals surface area contributed by atoms with E-state index in [0.29, 0.717) is 0 Å². The summed E-state index contributed by atoms with van der Waals surface area (Å²) >= 11 is 2.79. The Morgan fingerprint density at radius 3 is 2.61 bits per heavy atom. The molecule has 0 aliphatic heterocycles. The number of aromatic amines is 1. The molecule has 0 atom stereocenters. The summed E-state index contributed by atoms with van der Waals surface area (Å²) in [5, 5.41) is -0.245. The van der Waals surface area contributed by atoms with Crippen molar-refractivity contribution in [1.29, 1.82) is 0 Å². The molecular formula is C9H6BrF2N3O2S. The normalized spacial score (nSPS) is 11.5. The van der Waals surface area contributed by atoms with Crippen molar-refractivity contribution in [2.24, 2.45) is 0 Å². The first-order chi connectivity index (χ1) is 8.40. The van der Waals surface area contributed by atoms with Gasteiger partial charge in [-0.05, 0) is 22.0 Å². The number of sulfonamides is 1. The molecule has 0 saturated carbocycles. The molecule has 1 aromatic heterocycles. The number of nitrogens with zero attached hydrogens (tertiary/aromatic N) is 1. The van der Waals surface area contributed by atoms with Crippen LogP contribution in [0.1, 0.15) is 0 Å². The van der Waals surface area contributed by atoms with E-state index in [9.17, 15) is 17.2 Å². The highest BCUT2D eigenvalue weighted by atomic mass is 79.9. The highest BCUT2D eigenvalue weighted by molar-refractivity contribution is 9.10. The van der Waals surface area contributed by atoms with Crippen molar-refractivity contribution < 1.29 is 17.2 Å². The molecule has 0 radical (unpaired) electrons. The highest BCUT2D eigenvalue weighted by Gasteiger charge is 2.18. The van der Waals surface area contributed by atoms with Crippen molar-refractivity contribution in [1.82, 2.24) is 9.97 Å². The van der Waals surface area contributed by atoms with Gasteiger partial charge in [-0.3, -0.25) is 4.72 Å². The first kappa shape index (κ1) is 13.0. The van der Waals surface area contributed by atoms with Crippen LogP contribution in [0.25, 0.3) is 0 Å². The Kier molecular flexibility index (Phi) is 3.35. The zero-order chi connectivity index (χ0) is 13.3. The third kappa shape index (κ3) is 2.51. The van der Waals surface area contributed by atoms with Gasteiger partial charge < -0.3 is 4.98 Å².